The van der Waals surface area contributed by atoms with Crippen molar-refractivity contribution in [1.29, 1.82) is 0 Å². The van der Waals surface area contributed by atoms with Crippen LogP contribution in [-0.4, -0.2) is 29.2 Å². The molecule has 1 aliphatic rings. The van der Waals surface area contributed by atoms with E-state index in [0.717, 1.165) is 21.4 Å². The molecular formula is C21H16BrN5O2. The number of hydroxylamine groups is 1. The number of hydrogen-bond acceptors (Lipinski definition) is 6. The molecule has 2 N–H and O–H groups in total. The quantitative estimate of drug-likeness (QED) is 0.564. The van der Waals surface area contributed by atoms with Crippen molar-refractivity contribution in [2.75, 3.05) is 11.9 Å². The average molecular weight is 450 g/mol. The van der Waals surface area contributed by atoms with Crippen LogP contribution >= 0.6 is 15.9 Å². The van der Waals surface area contributed by atoms with Crippen molar-refractivity contribution < 1.29 is 9.63 Å². The molecule has 0 atom stereocenters. The minimum Gasteiger partial charge on any atom is -0.323 e. The number of halogens is 1. The van der Waals surface area contributed by atoms with E-state index in [2.05, 4.69) is 41.7 Å². The third kappa shape index (κ3) is 4.67. The molecule has 0 radical (unpaired) electrons. The molecule has 3 aromatic rings. The van der Waals surface area contributed by atoms with E-state index >= 15 is 0 Å². The van der Waals surface area contributed by atoms with Gasteiger partial charge < -0.3 is 4.84 Å². The first-order chi connectivity index (χ1) is 14.2. The molecule has 8 heteroatoms. The van der Waals surface area contributed by atoms with Gasteiger partial charge in [-0.3, -0.25) is 15.3 Å². The van der Waals surface area contributed by atoms with Crippen molar-refractivity contribution in [1.82, 2.24) is 10.5 Å². The molecule has 0 saturated heterocycles. The van der Waals surface area contributed by atoms with E-state index in [1.165, 1.54) is 0 Å². The predicted octanol–water partition coefficient (Wildman–Crippen LogP) is 4.48. The lowest BCUT2D eigenvalue weighted by atomic mass is 10.0. The molecule has 4 rings (SSSR count). The fourth-order valence-corrected chi connectivity index (χ4v) is 3.12. The van der Waals surface area contributed by atoms with E-state index in [0.29, 0.717) is 17.2 Å². The number of rotatable bonds is 2. The summed E-state index contributed by atoms with van der Waals surface area (Å²) in [6, 6.07) is 20.4. The fourth-order valence-electron chi connectivity index (χ4n) is 2.76. The van der Waals surface area contributed by atoms with Gasteiger partial charge in [-0.1, -0.05) is 40.2 Å². The number of amides is 1. The number of aromatic nitrogens is 1. The van der Waals surface area contributed by atoms with Gasteiger partial charge in [-0.05, 0) is 42.5 Å². The predicted molar refractivity (Wildman–Crippen MR) is 116 cm³/mol. The summed E-state index contributed by atoms with van der Waals surface area (Å²) in [6.45, 7) is 0.205. The first-order valence-electron chi connectivity index (χ1n) is 8.81. The molecule has 144 valence electrons. The Bertz CT molecular complexity index is 1080. The minimum atomic E-state index is -0.645. The Labute approximate surface area is 175 Å². The van der Waals surface area contributed by atoms with Gasteiger partial charge in [-0.2, -0.15) is 0 Å². The number of carbonyl (C=O) groups is 1. The standard InChI is InChI=1S/C21H16BrN5O2/c22-14-9-10-17-16(12-14)20(18-8-4-5-11-23-18)24-13-19(26-17)27-29-21(28)25-15-6-2-1-3-7-15/h1-12H,13H2,(H,25,28)(H,26,27). The van der Waals surface area contributed by atoms with Crippen LogP contribution in [0.15, 0.2) is 87.4 Å². The molecule has 0 spiro atoms. The molecule has 1 aromatic heterocycles. The highest BCUT2D eigenvalue weighted by Crippen LogP contribution is 2.28. The minimum absolute atomic E-state index is 0.205. The SMILES string of the molecule is O=C(Nc1ccccc1)ONC1=Nc2ccc(Br)cc2C(c2ccccn2)=NC1. The number of aliphatic imine (C=N–C) groups is 2. The van der Waals surface area contributed by atoms with Gasteiger partial charge in [-0.15, -0.1) is 0 Å². The third-order valence-electron chi connectivity index (χ3n) is 4.05. The number of benzene rings is 2. The zero-order valence-electron chi connectivity index (χ0n) is 15.2. The summed E-state index contributed by atoms with van der Waals surface area (Å²) in [5.41, 5.74) is 6.24. The maximum atomic E-state index is 12.0. The molecule has 7 nitrogen and oxygen atoms in total. The number of para-hydroxylation sites is 1. The lowest BCUT2D eigenvalue weighted by molar-refractivity contribution is 0.134. The first-order valence-corrected chi connectivity index (χ1v) is 9.60. The zero-order chi connectivity index (χ0) is 20.1. The maximum absolute atomic E-state index is 12.0. The largest absolute Gasteiger partial charge is 0.435 e. The summed E-state index contributed by atoms with van der Waals surface area (Å²) in [5, 5.41) is 2.63. The molecule has 0 saturated carbocycles. The summed E-state index contributed by atoms with van der Waals surface area (Å²) in [6.07, 6.45) is 1.07. The van der Waals surface area contributed by atoms with Crippen LogP contribution in [0, 0.1) is 0 Å². The van der Waals surface area contributed by atoms with Crippen LogP contribution in [0.1, 0.15) is 11.3 Å². The van der Waals surface area contributed by atoms with Gasteiger partial charge in [-0.25, -0.2) is 15.3 Å². The number of fused-ring (bicyclic) bond motifs is 1. The number of anilines is 1. The Morgan fingerprint density at radius 1 is 1.03 bits per heavy atom. The van der Waals surface area contributed by atoms with E-state index in [1.54, 1.807) is 18.3 Å². The normalized spacial score (nSPS) is 12.7. The summed E-state index contributed by atoms with van der Waals surface area (Å²) in [4.78, 5) is 30.7. The Balaban J connectivity index is 1.54. The smallest absolute Gasteiger partial charge is 0.323 e. The number of nitrogens with one attached hydrogen (secondary N) is 2. The highest BCUT2D eigenvalue weighted by molar-refractivity contribution is 9.10. The van der Waals surface area contributed by atoms with Gasteiger partial charge >= 0.3 is 6.09 Å². The van der Waals surface area contributed by atoms with Gasteiger partial charge in [0, 0.05) is 21.9 Å². The summed E-state index contributed by atoms with van der Waals surface area (Å²) in [7, 11) is 0. The molecule has 2 aromatic carbocycles. The van der Waals surface area contributed by atoms with E-state index < -0.39 is 6.09 Å². The summed E-state index contributed by atoms with van der Waals surface area (Å²) in [5.74, 6) is 0.405. The molecule has 1 amide bonds. The van der Waals surface area contributed by atoms with Gasteiger partial charge in [0.2, 0.25) is 0 Å². The second kappa shape index (κ2) is 8.66. The highest BCUT2D eigenvalue weighted by Gasteiger charge is 2.18. The molecule has 2 heterocycles. The Morgan fingerprint density at radius 3 is 2.66 bits per heavy atom. The van der Waals surface area contributed by atoms with Gasteiger partial charge in [0.05, 0.1) is 17.1 Å². The van der Waals surface area contributed by atoms with Crippen molar-refractivity contribution >= 4 is 44.9 Å². The molecule has 0 aliphatic carbocycles. The lowest BCUT2D eigenvalue weighted by Crippen LogP contribution is -2.31. The van der Waals surface area contributed by atoms with Crippen LogP contribution in [0.3, 0.4) is 0 Å². The van der Waals surface area contributed by atoms with E-state index in [4.69, 9.17) is 4.84 Å². The van der Waals surface area contributed by atoms with Crippen molar-refractivity contribution in [3.05, 3.63) is 88.7 Å². The second-order valence-corrected chi connectivity index (χ2v) is 7.00. The lowest BCUT2D eigenvalue weighted by Gasteiger charge is -2.09. The van der Waals surface area contributed by atoms with Crippen LogP contribution in [0.2, 0.25) is 0 Å². The maximum Gasteiger partial charge on any atom is 0.435 e. The highest BCUT2D eigenvalue weighted by atomic mass is 79.9. The van der Waals surface area contributed by atoms with Crippen LogP contribution in [0.5, 0.6) is 0 Å². The van der Waals surface area contributed by atoms with Gasteiger partial charge in [0.25, 0.3) is 0 Å². The van der Waals surface area contributed by atoms with Crippen molar-refractivity contribution in [3.63, 3.8) is 0 Å². The van der Waals surface area contributed by atoms with Crippen LogP contribution in [0.4, 0.5) is 16.2 Å². The zero-order valence-corrected chi connectivity index (χ0v) is 16.8. The third-order valence-corrected chi connectivity index (χ3v) is 4.54. The average Bonchev–Trinajstić information content (AvgIpc) is 2.92. The summed E-state index contributed by atoms with van der Waals surface area (Å²) >= 11 is 3.50. The van der Waals surface area contributed by atoms with Crippen molar-refractivity contribution in [2.45, 2.75) is 0 Å². The number of hydrogen-bond donors (Lipinski definition) is 2. The molecule has 1 aliphatic heterocycles. The molecule has 0 unspecified atom stereocenters. The molecule has 0 fully saturated rings. The monoisotopic (exact) mass is 449 g/mol. The molecular weight excluding hydrogens is 434 g/mol. The Morgan fingerprint density at radius 2 is 1.86 bits per heavy atom. The molecule has 0 bridgehead atoms. The fraction of sp³-hybridized carbons (Fsp3) is 0.0476. The Hall–Kier alpha value is -3.52. The number of amidine groups is 1. The Kier molecular flexibility index (Phi) is 5.62. The van der Waals surface area contributed by atoms with E-state index in [1.807, 2.05) is 54.6 Å². The van der Waals surface area contributed by atoms with Crippen molar-refractivity contribution in [3.8, 4) is 0 Å². The van der Waals surface area contributed by atoms with Crippen LogP contribution < -0.4 is 10.8 Å². The first kappa shape index (κ1) is 18.8. The van der Waals surface area contributed by atoms with Gasteiger partial charge in [0.15, 0.2) is 5.84 Å². The molecule has 29 heavy (non-hydrogen) atoms. The van der Waals surface area contributed by atoms with Crippen LogP contribution in [-0.2, 0) is 4.84 Å². The van der Waals surface area contributed by atoms with Crippen LogP contribution in [0.25, 0.3) is 0 Å². The number of carbonyl (C=O) groups excluding carboxylic acids is 1. The van der Waals surface area contributed by atoms with Gasteiger partial charge in [0.1, 0.15) is 6.54 Å². The van der Waals surface area contributed by atoms with E-state index in [9.17, 15) is 4.79 Å². The topological polar surface area (TPSA) is 88.0 Å². The number of pyridine rings is 1. The van der Waals surface area contributed by atoms with E-state index in [-0.39, 0.29) is 6.54 Å². The second-order valence-electron chi connectivity index (χ2n) is 6.08. The summed E-state index contributed by atoms with van der Waals surface area (Å²) < 4.78 is 0.907. The number of nitrogens with zero attached hydrogens (tertiary/aromatic N) is 3. The van der Waals surface area contributed by atoms with Crippen molar-refractivity contribution in [2.24, 2.45) is 9.98 Å².